The Morgan fingerprint density at radius 1 is 0.931 bits per heavy atom. The number of hydrogen-bond acceptors (Lipinski definition) is 6. The van der Waals surface area contributed by atoms with E-state index >= 15 is 0 Å². The summed E-state index contributed by atoms with van der Waals surface area (Å²) in [6.45, 7) is 4.11. The zero-order chi connectivity index (χ0) is 20.8. The number of Topliss-reactive ketones (excluding diaryl/α,β-unsaturated/α-hetero) is 1. The van der Waals surface area contributed by atoms with Crippen LogP contribution in [0.15, 0.2) is 36.4 Å². The van der Waals surface area contributed by atoms with Crippen LogP contribution in [0.25, 0.3) is 0 Å². The van der Waals surface area contributed by atoms with E-state index in [0.29, 0.717) is 35.8 Å². The van der Waals surface area contributed by atoms with Crippen LogP contribution in [-0.4, -0.2) is 64.7 Å². The number of piperazine rings is 1. The van der Waals surface area contributed by atoms with Crippen molar-refractivity contribution in [1.82, 2.24) is 4.90 Å². The van der Waals surface area contributed by atoms with E-state index in [0.717, 1.165) is 31.9 Å². The molecule has 0 atom stereocenters. The molecule has 0 amide bonds. The van der Waals surface area contributed by atoms with Crippen LogP contribution in [0.1, 0.15) is 16.8 Å². The maximum absolute atomic E-state index is 13.1. The molecule has 0 spiro atoms. The lowest BCUT2D eigenvalue weighted by atomic mass is 10.1. The first-order valence-electron chi connectivity index (χ1n) is 9.61. The Kier molecular flexibility index (Phi) is 6.93. The molecule has 1 heterocycles. The fourth-order valence-corrected chi connectivity index (χ4v) is 3.53. The van der Waals surface area contributed by atoms with Crippen molar-refractivity contribution < 1.29 is 23.4 Å². The summed E-state index contributed by atoms with van der Waals surface area (Å²) >= 11 is 0. The minimum Gasteiger partial charge on any atom is -0.493 e. The molecule has 7 heteroatoms. The monoisotopic (exact) mass is 402 g/mol. The predicted octanol–water partition coefficient (Wildman–Crippen LogP) is 3.25. The van der Waals surface area contributed by atoms with Crippen molar-refractivity contribution in [2.45, 2.75) is 6.42 Å². The third-order valence-corrected chi connectivity index (χ3v) is 5.21. The van der Waals surface area contributed by atoms with Gasteiger partial charge in [0, 0.05) is 50.4 Å². The summed E-state index contributed by atoms with van der Waals surface area (Å²) < 4.78 is 29.1. The topological polar surface area (TPSA) is 51.2 Å². The van der Waals surface area contributed by atoms with Crippen LogP contribution in [0.2, 0.25) is 0 Å². The third-order valence-electron chi connectivity index (χ3n) is 5.21. The molecule has 2 aromatic rings. The van der Waals surface area contributed by atoms with Crippen LogP contribution in [0, 0.1) is 5.82 Å². The van der Waals surface area contributed by atoms with E-state index in [4.69, 9.17) is 14.2 Å². The number of ether oxygens (including phenoxy) is 3. The van der Waals surface area contributed by atoms with Gasteiger partial charge in [0.15, 0.2) is 17.3 Å². The van der Waals surface area contributed by atoms with Crippen molar-refractivity contribution in [3.05, 3.63) is 47.8 Å². The van der Waals surface area contributed by atoms with E-state index in [1.807, 2.05) is 0 Å². The van der Waals surface area contributed by atoms with Crippen molar-refractivity contribution >= 4 is 11.5 Å². The number of nitrogens with zero attached hydrogens (tertiary/aromatic N) is 2. The highest BCUT2D eigenvalue weighted by molar-refractivity contribution is 5.97. The van der Waals surface area contributed by atoms with E-state index < -0.39 is 0 Å². The van der Waals surface area contributed by atoms with Gasteiger partial charge in [-0.3, -0.25) is 9.69 Å². The van der Waals surface area contributed by atoms with Crippen LogP contribution < -0.4 is 19.1 Å². The van der Waals surface area contributed by atoms with Gasteiger partial charge in [0.05, 0.1) is 21.3 Å². The van der Waals surface area contributed by atoms with Crippen molar-refractivity contribution in [2.24, 2.45) is 0 Å². The Morgan fingerprint density at radius 3 is 2.03 bits per heavy atom. The number of methoxy groups -OCH3 is 3. The quantitative estimate of drug-likeness (QED) is 0.632. The lowest BCUT2D eigenvalue weighted by molar-refractivity contribution is 0.0961. The molecular formula is C22H27FN2O4. The van der Waals surface area contributed by atoms with Crippen LogP contribution in [0.3, 0.4) is 0 Å². The Labute approximate surface area is 170 Å². The second-order valence-corrected chi connectivity index (χ2v) is 6.89. The minimum absolute atomic E-state index is 0.0326. The van der Waals surface area contributed by atoms with E-state index in [-0.39, 0.29) is 11.6 Å². The molecule has 0 unspecified atom stereocenters. The van der Waals surface area contributed by atoms with Gasteiger partial charge in [0.1, 0.15) is 5.82 Å². The zero-order valence-electron chi connectivity index (χ0n) is 17.1. The Morgan fingerprint density at radius 2 is 1.52 bits per heavy atom. The maximum Gasteiger partial charge on any atom is 0.203 e. The lowest BCUT2D eigenvalue weighted by Gasteiger charge is -2.36. The summed E-state index contributed by atoms with van der Waals surface area (Å²) in [6.07, 6.45) is 0.412. The van der Waals surface area contributed by atoms with Crippen molar-refractivity contribution in [2.75, 3.05) is 59.0 Å². The number of carbonyl (C=O) groups is 1. The molecule has 29 heavy (non-hydrogen) atoms. The van der Waals surface area contributed by atoms with Gasteiger partial charge < -0.3 is 19.1 Å². The van der Waals surface area contributed by atoms with Crippen LogP contribution in [0.4, 0.5) is 10.1 Å². The van der Waals surface area contributed by atoms with E-state index in [2.05, 4.69) is 9.80 Å². The SMILES string of the molecule is COc1cc(C(=O)CCN2CCN(c3ccc(F)cc3)CC2)cc(OC)c1OC. The Bertz CT molecular complexity index is 808. The smallest absolute Gasteiger partial charge is 0.203 e. The van der Waals surface area contributed by atoms with E-state index in [1.54, 1.807) is 24.3 Å². The summed E-state index contributed by atoms with van der Waals surface area (Å²) in [4.78, 5) is 17.2. The average Bonchev–Trinajstić information content (AvgIpc) is 2.77. The highest BCUT2D eigenvalue weighted by Gasteiger charge is 2.20. The maximum atomic E-state index is 13.1. The van der Waals surface area contributed by atoms with Crippen molar-refractivity contribution in [1.29, 1.82) is 0 Å². The number of benzene rings is 2. The van der Waals surface area contributed by atoms with Gasteiger partial charge in [0.2, 0.25) is 5.75 Å². The minimum atomic E-state index is -0.224. The molecule has 6 nitrogen and oxygen atoms in total. The molecule has 0 bridgehead atoms. The molecule has 156 valence electrons. The zero-order valence-corrected chi connectivity index (χ0v) is 17.1. The fraction of sp³-hybridized carbons (Fsp3) is 0.409. The second kappa shape index (κ2) is 9.60. The number of ketones is 1. The number of hydrogen-bond donors (Lipinski definition) is 0. The number of carbonyl (C=O) groups excluding carboxylic acids is 1. The molecule has 2 aromatic carbocycles. The first kappa shape index (κ1) is 20.9. The van der Waals surface area contributed by atoms with Gasteiger partial charge in [0.25, 0.3) is 0 Å². The van der Waals surface area contributed by atoms with E-state index in [1.165, 1.54) is 33.5 Å². The molecule has 0 saturated carbocycles. The summed E-state index contributed by atoms with van der Waals surface area (Å²) in [6, 6.07) is 9.96. The van der Waals surface area contributed by atoms with Gasteiger partial charge in [-0.1, -0.05) is 0 Å². The molecule has 0 radical (unpaired) electrons. The normalized spacial score (nSPS) is 14.6. The lowest BCUT2D eigenvalue weighted by Crippen LogP contribution is -2.46. The Balaban J connectivity index is 1.55. The molecule has 0 aliphatic carbocycles. The summed E-state index contributed by atoms with van der Waals surface area (Å²) in [5.41, 5.74) is 1.57. The molecular weight excluding hydrogens is 375 g/mol. The van der Waals surface area contributed by atoms with Crippen LogP contribution >= 0.6 is 0 Å². The van der Waals surface area contributed by atoms with Gasteiger partial charge in [-0.2, -0.15) is 0 Å². The molecule has 3 rings (SSSR count). The molecule has 1 aliphatic heterocycles. The summed E-state index contributed by atoms with van der Waals surface area (Å²) in [5.74, 6) is 1.23. The highest BCUT2D eigenvalue weighted by atomic mass is 19.1. The second-order valence-electron chi connectivity index (χ2n) is 6.89. The van der Waals surface area contributed by atoms with Crippen LogP contribution in [-0.2, 0) is 0 Å². The molecule has 0 N–H and O–H groups in total. The molecule has 1 fully saturated rings. The van der Waals surface area contributed by atoms with Gasteiger partial charge in [-0.05, 0) is 36.4 Å². The molecule has 0 aromatic heterocycles. The van der Waals surface area contributed by atoms with Gasteiger partial charge in [-0.15, -0.1) is 0 Å². The first-order chi connectivity index (χ1) is 14.0. The number of rotatable bonds is 8. The molecule has 1 saturated heterocycles. The standard InChI is InChI=1S/C22H27FN2O4/c1-27-20-14-16(15-21(28-2)22(20)29-3)19(26)8-9-24-10-12-25(13-11-24)18-6-4-17(23)5-7-18/h4-7,14-15H,8-13H2,1-3H3. The summed E-state index contributed by atoms with van der Waals surface area (Å²) in [7, 11) is 4.60. The van der Waals surface area contributed by atoms with Gasteiger partial charge >= 0.3 is 0 Å². The first-order valence-corrected chi connectivity index (χ1v) is 9.61. The predicted molar refractivity (Wildman–Crippen MR) is 110 cm³/mol. The summed E-state index contributed by atoms with van der Waals surface area (Å²) in [5, 5.41) is 0. The largest absolute Gasteiger partial charge is 0.493 e. The van der Waals surface area contributed by atoms with Crippen LogP contribution in [0.5, 0.6) is 17.2 Å². The van der Waals surface area contributed by atoms with Gasteiger partial charge in [-0.25, -0.2) is 4.39 Å². The number of anilines is 1. The van der Waals surface area contributed by atoms with E-state index in [9.17, 15) is 9.18 Å². The molecule has 1 aliphatic rings. The van der Waals surface area contributed by atoms with Crippen molar-refractivity contribution in [3.63, 3.8) is 0 Å². The average molecular weight is 402 g/mol. The van der Waals surface area contributed by atoms with Crippen molar-refractivity contribution in [3.8, 4) is 17.2 Å². The fourth-order valence-electron chi connectivity index (χ4n) is 3.53. The highest BCUT2D eigenvalue weighted by Crippen LogP contribution is 2.38. The number of halogens is 1. The Hall–Kier alpha value is -2.80. The third kappa shape index (κ3) is 4.98.